The molecular weight excluding hydrogens is 233 g/mol. The van der Waals surface area contributed by atoms with E-state index in [9.17, 15) is 13.2 Å². The highest BCUT2D eigenvalue weighted by Crippen LogP contribution is 2.32. The molecule has 0 saturated heterocycles. The maximum Gasteiger partial charge on any atom is 0.399 e. The third kappa shape index (κ3) is 4.27. The number of nitrogens with one attached hydrogen (secondary N) is 1. The highest BCUT2D eigenvalue weighted by Gasteiger charge is 2.42. The smallest absolute Gasteiger partial charge is 0.395 e. The predicted octanol–water partition coefficient (Wildman–Crippen LogP) is 2.08. The van der Waals surface area contributed by atoms with Gasteiger partial charge in [-0.2, -0.15) is 13.2 Å². The summed E-state index contributed by atoms with van der Waals surface area (Å²) in [7, 11) is 0. The first kappa shape index (κ1) is 14.4. The monoisotopic (exact) mass is 252 g/mol. The van der Waals surface area contributed by atoms with Crippen LogP contribution in [0.1, 0.15) is 32.1 Å². The molecular formula is C11H19F3N2O. The first-order valence-electron chi connectivity index (χ1n) is 5.85. The van der Waals surface area contributed by atoms with Gasteiger partial charge in [0.05, 0.1) is 6.61 Å². The second-order valence-corrected chi connectivity index (χ2v) is 4.79. The minimum absolute atomic E-state index is 0.110. The summed E-state index contributed by atoms with van der Waals surface area (Å²) in [6.07, 6.45) is -1.21. The van der Waals surface area contributed by atoms with Crippen molar-refractivity contribution in [2.24, 2.45) is 17.6 Å². The fraction of sp³-hybridized carbons (Fsp3) is 0.909. The Morgan fingerprint density at radius 3 is 2.24 bits per heavy atom. The molecule has 0 amide bonds. The van der Waals surface area contributed by atoms with Crippen LogP contribution in [0.15, 0.2) is 0 Å². The van der Waals surface area contributed by atoms with E-state index in [1.165, 1.54) is 0 Å². The topological polar surface area (TPSA) is 70.1 Å². The molecule has 0 aromatic carbocycles. The van der Waals surface area contributed by atoms with E-state index in [2.05, 4.69) is 0 Å². The van der Waals surface area contributed by atoms with Crippen molar-refractivity contribution in [3.63, 3.8) is 0 Å². The average molecular weight is 252 g/mol. The number of rotatable bonds is 4. The molecule has 3 nitrogen and oxygen atoms in total. The van der Waals surface area contributed by atoms with Crippen molar-refractivity contribution in [2.45, 2.75) is 44.3 Å². The van der Waals surface area contributed by atoms with E-state index in [1.54, 1.807) is 0 Å². The summed E-state index contributed by atoms with van der Waals surface area (Å²) in [5.74, 6) is -1.89. The summed E-state index contributed by atoms with van der Waals surface area (Å²) < 4.78 is 37.4. The molecule has 100 valence electrons. The van der Waals surface area contributed by atoms with E-state index in [0.717, 1.165) is 25.7 Å². The van der Waals surface area contributed by atoms with Gasteiger partial charge in [-0.3, -0.25) is 0 Å². The third-order valence-corrected chi connectivity index (χ3v) is 3.40. The van der Waals surface area contributed by atoms with Gasteiger partial charge in [0, 0.05) is 11.8 Å². The van der Waals surface area contributed by atoms with Crippen LogP contribution in [0.2, 0.25) is 0 Å². The van der Waals surface area contributed by atoms with Crippen LogP contribution in [0.5, 0.6) is 0 Å². The number of nitrogens with two attached hydrogens (primary N) is 1. The van der Waals surface area contributed by atoms with Crippen molar-refractivity contribution >= 4 is 5.71 Å². The molecule has 1 rings (SSSR count). The van der Waals surface area contributed by atoms with Gasteiger partial charge in [0.25, 0.3) is 0 Å². The normalized spacial score (nSPS) is 27.8. The van der Waals surface area contributed by atoms with Crippen LogP contribution in [0.3, 0.4) is 0 Å². The van der Waals surface area contributed by atoms with E-state index in [0.29, 0.717) is 0 Å². The van der Waals surface area contributed by atoms with Crippen molar-refractivity contribution in [3.8, 4) is 0 Å². The Balaban J connectivity index is 2.48. The fourth-order valence-corrected chi connectivity index (χ4v) is 2.26. The van der Waals surface area contributed by atoms with Crippen LogP contribution in [-0.2, 0) is 0 Å². The van der Waals surface area contributed by atoms with Gasteiger partial charge in [-0.25, -0.2) is 0 Å². The summed E-state index contributed by atoms with van der Waals surface area (Å²) in [6.45, 7) is -1.03. The standard InChI is InChI=1S/C11H19F3N2O/c12-11(13,14)9(6-17)10(16)5-7-1-3-8(15)4-2-7/h7-9,16-17H,1-6,15H2/t7?,8?,9-/m1/s1. The lowest BCUT2D eigenvalue weighted by Crippen LogP contribution is -2.35. The number of aliphatic hydroxyl groups is 1. The van der Waals surface area contributed by atoms with Crippen LogP contribution in [-0.4, -0.2) is 29.6 Å². The number of aliphatic hydroxyl groups excluding tert-OH is 1. The largest absolute Gasteiger partial charge is 0.399 e. The molecule has 4 N–H and O–H groups in total. The minimum Gasteiger partial charge on any atom is -0.395 e. The molecule has 1 saturated carbocycles. The van der Waals surface area contributed by atoms with Crippen molar-refractivity contribution in [1.82, 2.24) is 0 Å². The molecule has 6 heteroatoms. The van der Waals surface area contributed by atoms with Crippen LogP contribution < -0.4 is 5.73 Å². The van der Waals surface area contributed by atoms with Crippen molar-refractivity contribution < 1.29 is 18.3 Å². The predicted molar refractivity (Wildman–Crippen MR) is 58.9 cm³/mol. The molecule has 0 bridgehead atoms. The highest BCUT2D eigenvalue weighted by atomic mass is 19.4. The van der Waals surface area contributed by atoms with Crippen molar-refractivity contribution in [2.75, 3.05) is 6.61 Å². The average Bonchev–Trinajstić information content (AvgIpc) is 2.20. The molecule has 1 aliphatic rings. The first-order valence-corrected chi connectivity index (χ1v) is 5.85. The van der Waals surface area contributed by atoms with E-state index < -0.39 is 24.4 Å². The lowest BCUT2D eigenvalue weighted by molar-refractivity contribution is -0.164. The Morgan fingerprint density at radius 1 is 1.29 bits per heavy atom. The van der Waals surface area contributed by atoms with Crippen molar-refractivity contribution in [1.29, 1.82) is 5.41 Å². The minimum atomic E-state index is -4.52. The third-order valence-electron chi connectivity index (χ3n) is 3.40. The van der Waals surface area contributed by atoms with Crippen LogP contribution in [0.25, 0.3) is 0 Å². The van der Waals surface area contributed by atoms with Crippen LogP contribution >= 0.6 is 0 Å². The Labute approximate surface area is 98.7 Å². The zero-order valence-corrected chi connectivity index (χ0v) is 9.63. The lowest BCUT2D eigenvalue weighted by Gasteiger charge is -2.28. The second-order valence-electron chi connectivity index (χ2n) is 4.79. The molecule has 1 atom stereocenters. The number of halogens is 3. The fourth-order valence-electron chi connectivity index (χ4n) is 2.26. The van der Waals surface area contributed by atoms with Gasteiger partial charge >= 0.3 is 6.18 Å². The van der Waals surface area contributed by atoms with Gasteiger partial charge in [0.15, 0.2) is 0 Å². The van der Waals surface area contributed by atoms with E-state index in [1.807, 2.05) is 0 Å². The van der Waals surface area contributed by atoms with Gasteiger partial charge in [-0.05, 0) is 38.0 Å². The molecule has 0 heterocycles. The molecule has 0 aromatic heterocycles. The van der Waals surface area contributed by atoms with Crippen LogP contribution in [0.4, 0.5) is 13.2 Å². The molecule has 1 fully saturated rings. The lowest BCUT2D eigenvalue weighted by atomic mass is 9.81. The molecule has 1 aliphatic carbocycles. The number of alkyl halides is 3. The van der Waals surface area contributed by atoms with E-state index >= 15 is 0 Å². The summed E-state index contributed by atoms with van der Waals surface area (Å²) in [5.41, 5.74) is 5.31. The Morgan fingerprint density at radius 2 is 1.82 bits per heavy atom. The van der Waals surface area contributed by atoms with Gasteiger partial charge in [0.2, 0.25) is 0 Å². The molecule has 0 aromatic rings. The highest BCUT2D eigenvalue weighted by molar-refractivity contribution is 5.84. The van der Waals surface area contributed by atoms with Gasteiger partial charge in [-0.1, -0.05) is 0 Å². The molecule has 0 aliphatic heterocycles. The van der Waals surface area contributed by atoms with E-state index in [-0.39, 0.29) is 18.4 Å². The SMILES string of the molecule is N=C(CC1CCC(N)CC1)[C@@H](CO)C(F)(F)F. The summed E-state index contributed by atoms with van der Waals surface area (Å²) in [6, 6.07) is 0.150. The summed E-state index contributed by atoms with van der Waals surface area (Å²) >= 11 is 0. The quantitative estimate of drug-likeness (QED) is 0.670. The number of hydrogen-bond acceptors (Lipinski definition) is 3. The first-order chi connectivity index (χ1) is 7.84. The molecule has 0 unspecified atom stereocenters. The Kier molecular flexibility index (Phi) is 4.94. The zero-order chi connectivity index (χ0) is 13.1. The number of hydrogen-bond donors (Lipinski definition) is 3. The Hall–Kier alpha value is -0.620. The maximum absolute atomic E-state index is 12.5. The maximum atomic E-state index is 12.5. The van der Waals surface area contributed by atoms with Gasteiger partial charge in [0.1, 0.15) is 5.92 Å². The van der Waals surface area contributed by atoms with E-state index in [4.69, 9.17) is 16.2 Å². The van der Waals surface area contributed by atoms with Crippen molar-refractivity contribution in [3.05, 3.63) is 0 Å². The molecule has 0 spiro atoms. The van der Waals surface area contributed by atoms with Gasteiger partial charge < -0.3 is 16.2 Å². The summed E-state index contributed by atoms with van der Waals surface area (Å²) in [4.78, 5) is 0. The van der Waals surface area contributed by atoms with Gasteiger partial charge in [-0.15, -0.1) is 0 Å². The second kappa shape index (κ2) is 5.82. The summed E-state index contributed by atoms with van der Waals surface area (Å²) in [5, 5.41) is 16.2. The molecule has 0 radical (unpaired) electrons. The molecule has 17 heavy (non-hydrogen) atoms. The van der Waals surface area contributed by atoms with Crippen LogP contribution in [0, 0.1) is 17.2 Å². The Bertz CT molecular complexity index is 260. The zero-order valence-electron chi connectivity index (χ0n) is 9.63.